The van der Waals surface area contributed by atoms with Crippen LogP contribution in [0.5, 0.6) is 5.88 Å². The van der Waals surface area contributed by atoms with E-state index >= 15 is 0 Å². The number of carbonyl (C=O) groups is 1. The molecule has 0 saturated carbocycles. The zero-order chi connectivity index (χ0) is 24.8. The standard InChI is InChI=1S/C25H32F3N5O2.CH4/c1-35-23-5-4-22(17-30-23)32-11-9-31(10-12-32)8-6-24(34)33-7-2-3-19(18-33)13-20-14-21(16-29-15-20)25(26,27)28;/h4-5,14-17,19H,2-3,6-13,18H2,1H3;1H4/t19-;/m1./s1. The highest BCUT2D eigenvalue weighted by atomic mass is 19.4. The molecule has 0 aliphatic carbocycles. The zero-order valence-corrected chi connectivity index (χ0v) is 20.0. The SMILES string of the molecule is C.COc1ccc(N2CCN(CCC(=O)N3CCC[C@H](Cc4cncc(C(F)(F)F)c4)C3)CC2)cn1. The maximum Gasteiger partial charge on any atom is 0.417 e. The van der Waals surface area contributed by atoms with Gasteiger partial charge in [-0.3, -0.25) is 14.7 Å². The Labute approximate surface area is 211 Å². The van der Waals surface area contributed by atoms with E-state index in [2.05, 4.69) is 19.8 Å². The average molecular weight is 508 g/mol. The van der Waals surface area contributed by atoms with Crippen molar-refractivity contribution in [1.29, 1.82) is 0 Å². The minimum atomic E-state index is -4.39. The first-order valence-electron chi connectivity index (χ1n) is 12.1. The van der Waals surface area contributed by atoms with Crippen molar-refractivity contribution in [2.45, 2.75) is 39.3 Å². The first kappa shape index (κ1) is 27.7. The van der Waals surface area contributed by atoms with Gasteiger partial charge in [-0.25, -0.2) is 4.98 Å². The Morgan fingerprint density at radius 3 is 2.56 bits per heavy atom. The number of carbonyl (C=O) groups excluding carboxylic acids is 1. The average Bonchev–Trinajstić information content (AvgIpc) is 2.87. The van der Waals surface area contributed by atoms with E-state index in [1.54, 1.807) is 7.11 Å². The smallest absolute Gasteiger partial charge is 0.417 e. The molecular weight excluding hydrogens is 471 g/mol. The molecule has 10 heteroatoms. The zero-order valence-electron chi connectivity index (χ0n) is 20.0. The second-order valence-corrected chi connectivity index (χ2v) is 9.27. The molecule has 0 aromatic carbocycles. The largest absolute Gasteiger partial charge is 0.481 e. The lowest BCUT2D eigenvalue weighted by atomic mass is 9.91. The van der Waals surface area contributed by atoms with Gasteiger partial charge in [-0.15, -0.1) is 0 Å². The quantitative estimate of drug-likeness (QED) is 0.562. The van der Waals surface area contributed by atoms with Crippen LogP contribution in [0.3, 0.4) is 0 Å². The first-order chi connectivity index (χ1) is 16.8. The topological polar surface area (TPSA) is 61.8 Å². The van der Waals surface area contributed by atoms with Gasteiger partial charge in [-0.1, -0.05) is 7.43 Å². The van der Waals surface area contributed by atoms with Gasteiger partial charge in [-0.2, -0.15) is 13.2 Å². The van der Waals surface area contributed by atoms with Gasteiger partial charge in [0.1, 0.15) is 0 Å². The van der Waals surface area contributed by atoms with Crippen molar-refractivity contribution in [3.63, 3.8) is 0 Å². The molecule has 0 spiro atoms. The normalized spacial score (nSPS) is 19.1. The molecule has 0 bridgehead atoms. The van der Waals surface area contributed by atoms with Gasteiger partial charge in [0.15, 0.2) is 0 Å². The maximum atomic E-state index is 13.0. The Hall–Kier alpha value is -2.88. The van der Waals surface area contributed by atoms with Crippen LogP contribution >= 0.6 is 0 Å². The number of piperazine rings is 1. The number of piperidine rings is 1. The Morgan fingerprint density at radius 1 is 1.11 bits per heavy atom. The summed E-state index contributed by atoms with van der Waals surface area (Å²) in [5.41, 5.74) is 0.919. The van der Waals surface area contributed by atoms with Crippen LogP contribution in [0.4, 0.5) is 18.9 Å². The van der Waals surface area contributed by atoms with Gasteiger partial charge in [0.25, 0.3) is 0 Å². The Bertz CT molecular complexity index is 978. The number of methoxy groups -OCH3 is 1. The lowest BCUT2D eigenvalue weighted by Crippen LogP contribution is -2.48. The number of ether oxygens (including phenoxy) is 1. The monoisotopic (exact) mass is 507 g/mol. The van der Waals surface area contributed by atoms with Gasteiger partial charge >= 0.3 is 6.18 Å². The van der Waals surface area contributed by atoms with E-state index in [0.29, 0.717) is 43.9 Å². The molecule has 2 fully saturated rings. The van der Waals surface area contributed by atoms with Crippen LogP contribution in [-0.4, -0.2) is 78.6 Å². The summed E-state index contributed by atoms with van der Waals surface area (Å²) in [6.07, 6.45) is 2.52. The summed E-state index contributed by atoms with van der Waals surface area (Å²) in [6.45, 7) is 5.53. The number of likely N-dealkylation sites (tertiary alicyclic amines) is 1. The number of anilines is 1. The molecule has 36 heavy (non-hydrogen) atoms. The van der Waals surface area contributed by atoms with Crippen LogP contribution in [0.25, 0.3) is 0 Å². The van der Waals surface area contributed by atoms with Crippen molar-refractivity contribution in [2.24, 2.45) is 5.92 Å². The second-order valence-electron chi connectivity index (χ2n) is 9.27. The van der Waals surface area contributed by atoms with Crippen molar-refractivity contribution < 1.29 is 22.7 Å². The van der Waals surface area contributed by atoms with Gasteiger partial charge in [0.05, 0.1) is 24.6 Å². The molecule has 2 aliphatic rings. The van der Waals surface area contributed by atoms with Crippen molar-refractivity contribution in [1.82, 2.24) is 19.8 Å². The van der Waals surface area contributed by atoms with Crippen molar-refractivity contribution in [3.05, 3.63) is 47.9 Å². The summed E-state index contributed by atoms with van der Waals surface area (Å²) in [6, 6.07) is 5.04. The molecule has 4 heterocycles. The van der Waals surface area contributed by atoms with Crippen LogP contribution < -0.4 is 9.64 Å². The molecule has 7 nitrogen and oxygen atoms in total. The third-order valence-electron chi connectivity index (χ3n) is 6.83. The highest BCUT2D eigenvalue weighted by molar-refractivity contribution is 5.76. The van der Waals surface area contributed by atoms with Crippen LogP contribution in [0, 0.1) is 5.92 Å². The Balaban J connectivity index is 0.00000361. The van der Waals surface area contributed by atoms with E-state index in [-0.39, 0.29) is 19.3 Å². The maximum absolute atomic E-state index is 13.0. The number of nitrogens with zero attached hydrogens (tertiary/aromatic N) is 5. The van der Waals surface area contributed by atoms with Gasteiger partial charge < -0.3 is 14.5 Å². The van der Waals surface area contributed by atoms with Crippen molar-refractivity contribution in [3.8, 4) is 5.88 Å². The Kier molecular flexibility index (Phi) is 9.53. The fourth-order valence-corrected chi connectivity index (χ4v) is 4.87. The molecule has 2 aromatic heterocycles. The summed E-state index contributed by atoms with van der Waals surface area (Å²) in [5.74, 6) is 0.871. The minimum absolute atomic E-state index is 0. The summed E-state index contributed by atoms with van der Waals surface area (Å²) >= 11 is 0. The van der Waals surface area contributed by atoms with E-state index in [4.69, 9.17) is 4.74 Å². The van der Waals surface area contributed by atoms with Gasteiger partial charge in [-0.05, 0) is 42.9 Å². The summed E-state index contributed by atoms with van der Waals surface area (Å²) in [5, 5.41) is 0. The predicted octanol–water partition coefficient (Wildman–Crippen LogP) is 4.13. The summed E-state index contributed by atoms with van der Waals surface area (Å²) in [4.78, 5) is 27.4. The molecule has 198 valence electrons. The summed E-state index contributed by atoms with van der Waals surface area (Å²) in [7, 11) is 1.60. The van der Waals surface area contributed by atoms with Gasteiger partial charge in [0.2, 0.25) is 11.8 Å². The number of alkyl halides is 3. The van der Waals surface area contributed by atoms with E-state index in [9.17, 15) is 18.0 Å². The molecule has 2 aliphatic heterocycles. The fourth-order valence-electron chi connectivity index (χ4n) is 4.87. The van der Waals surface area contributed by atoms with E-state index in [0.717, 1.165) is 50.9 Å². The van der Waals surface area contributed by atoms with Crippen LogP contribution in [0.2, 0.25) is 0 Å². The number of amides is 1. The van der Waals surface area contributed by atoms with Crippen LogP contribution in [-0.2, 0) is 17.4 Å². The van der Waals surface area contributed by atoms with E-state index < -0.39 is 11.7 Å². The van der Waals surface area contributed by atoms with Crippen LogP contribution in [0.15, 0.2) is 36.8 Å². The number of pyridine rings is 2. The molecule has 1 amide bonds. The number of rotatable bonds is 7. The van der Waals surface area contributed by atoms with E-state index in [1.807, 2.05) is 23.2 Å². The predicted molar refractivity (Wildman–Crippen MR) is 133 cm³/mol. The molecule has 1 atom stereocenters. The number of aromatic nitrogens is 2. The molecule has 2 saturated heterocycles. The van der Waals surface area contributed by atoms with Crippen molar-refractivity contribution in [2.75, 3.05) is 57.8 Å². The number of hydrogen-bond acceptors (Lipinski definition) is 6. The van der Waals surface area contributed by atoms with E-state index in [1.165, 1.54) is 12.3 Å². The molecular formula is C26H36F3N5O2. The highest BCUT2D eigenvalue weighted by Gasteiger charge is 2.31. The molecule has 2 aromatic rings. The molecule has 0 N–H and O–H groups in total. The number of hydrogen-bond donors (Lipinski definition) is 0. The van der Waals surface area contributed by atoms with Gasteiger partial charge in [0, 0.05) is 70.7 Å². The molecule has 0 unspecified atom stereocenters. The molecule has 4 rings (SSSR count). The lowest BCUT2D eigenvalue weighted by Gasteiger charge is -2.37. The summed E-state index contributed by atoms with van der Waals surface area (Å²) < 4.78 is 44.1. The third kappa shape index (κ3) is 7.32. The number of halogens is 3. The Morgan fingerprint density at radius 2 is 1.89 bits per heavy atom. The fraction of sp³-hybridized carbons (Fsp3) is 0.577. The van der Waals surface area contributed by atoms with Crippen molar-refractivity contribution >= 4 is 11.6 Å². The molecule has 0 radical (unpaired) electrons. The minimum Gasteiger partial charge on any atom is -0.481 e. The lowest BCUT2D eigenvalue weighted by molar-refractivity contribution is -0.138. The first-order valence-corrected chi connectivity index (χ1v) is 12.1. The second kappa shape index (κ2) is 12.4. The highest BCUT2D eigenvalue weighted by Crippen LogP contribution is 2.30. The third-order valence-corrected chi connectivity index (χ3v) is 6.83. The van der Waals surface area contributed by atoms with Crippen LogP contribution in [0.1, 0.15) is 37.8 Å².